The summed E-state index contributed by atoms with van der Waals surface area (Å²) in [5, 5.41) is 12.4. The Balaban J connectivity index is 1.61. The fourth-order valence-electron chi connectivity index (χ4n) is 1.87. The predicted molar refractivity (Wildman–Crippen MR) is 90.3 cm³/mol. The van der Waals surface area contributed by atoms with Gasteiger partial charge in [-0.2, -0.15) is 0 Å². The van der Waals surface area contributed by atoms with Gasteiger partial charge < -0.3 is 5.32 Å². The van der Waals surface area contributed by atoms with Gasteiger partial charge in [-0.1, -0.05) is 53.4 Å². The van der Waals surface area contributed by atoms with E-state index < -0.39 is 0 Å². The van der Waals surface area contributed by atoms with E-state index >= 15 is 0 Å². The summed E-state index contributed by atoms with van der Waals surface area (Å²) in [5.41, 5.74) is 3.27. The Hall–Kier alpha value is -1.92. The maximum Gasteiger partial charge on any atom is 0.210 e. The molecule has 0 aliphatic heterocycles. The molecule has 0 spiro atoms. The number of hydrogen-bond acceptors (Lipinski definition) is 5. The first-order valence-electron chi connectivity index (χ1n) is 6.74. The number of thioether (sulfide) groups is 1. The minimum Gasteiger partial charge on any atom is -0.330 e. The Morgan fingerprint density at radius 3 is 2.64 bits per heavy atom. The van der Waals surface area contributed by atoms with Crippen molar-refractivity contribution in [1.82, 2.24) is 10.2 Å². The van der Waals surface area contributed by atoms with Crippen molar-refractivity contribution in [3.8, 4) is 0 Å². The van der Waals surface area contributed by atoms with Crippen molar-refractivity contribution in [2.75, 3.05) is 5.32 Å². The smallest absolute Gasteiger partial charge is 0.210 e. The van der Waals surface area contributed by atoms with E-state index in [0.717, 1.165) is 26.5 Å². The van der Waals surface area contributed by atoms with Gasteiger partial charge in [-0.3, -0.25) is 0 Å². The van der Waals surface area contributed by atoms with Crippen LogP contribution in [0.2, 0.25) is 0 Å². The standard InChI is InChI=1S/C16H14FN3S2/c1-11-4-2-3-5-14(11)18-15-19-20-16(22-15)21-10-12-6-8-13(17)9-7-12/h2-9H,10H2,1H3,(H,18,19). The number of nitrogens with zero attached hydrogens (tertiary/aromatic N) is 2. The van der Waals surface area contributed by atoms with Crippen molar-refractivity contribution < 1.29 is 4.39 Å². The molecule has 3 rings (SSSR count). The molecule has 6 heteroatoms. The SMILES string of the molecule is Cc1ccccc1Nc1nnc(SCc2ccc(F)cc2)s1. The highest BCUT2D eigenvalue weighted by Gasteiger charge is 2.06. The molecule has 1 aromatic heterocycles. The molecule has 0 fully saturated rings. The first-order chi connectivity index (χ1) is 10.7. The van der Waals surface area contributed by atoms with E-state index in [0.29, 0.717) is 0 Å². The van der Waals surface area contributed by atoms with Gasteiger partial charge in [0.2, 0.25) is 5.13 Å². The summed E-state index contributed by atoms with van der Waals surface area (Å²) in [6.45, 7) is 2.05. The Labute approximate surface area is 136 Å². The summed E-state index contributed by atoms with van der Waals surface area (Å²) in [6.07, 6.45) is 0. The average molecular weight is 331 g/mol. The zero-order chi connectivity index (χ0) is 15.4. The Bertz CT molecular complexity index is 756. The van der Waals surface area contributed by atoms with Crippen molar-refractivity contribution in [2.24, 2.45) is 0 Å². The second kappa shape index (κ2) is 6.89. The second-order valence-corrected chi connectivity index (χ2v) is 6.93. The number of anilines is 2. The van der Waals surface area contributed by atoms with Crippen LogP contribution < -0.4 is 5.32 Å². The largest absolute Gasteiger partial charge is 0.330 e. The maximum atomic E-state index is 12.9. The highest BCUT2D eigenvalue weighted by molar-refractivity contribution is 8.00. The molecule has 0 bridgehead atoms. The molecule has 0 atom stereocenters. The van der Waals surface area contributed by atoms with Gasteiger partial charge in [0.15, 0.2) is 4.34 Å². The summed E-state index contributed by atoms with van der Waals surface area (Å²) >= 11 is 3.11. The second-order valence-electron chi connectivity index (χ2n) is 4.73. The van der Waals surface area contributed by atoms with Crippen LogP contribution in [-0.2, 0) is 5.75 Å². The molecule has 1 N–H and O–H groups in total. The lowest BCUT2D eigenvalue weighted by Gasteiger charge is -2.04. The molecule has 3 nitrogen and oxygen atoms in total. The molecule has 0 saturated carbocycles. The van der Waals surface area contributed by atoms with E-state index in [4.69, 9.17) is 0 Å². The van der Waals surface area contributed by atoms with Crippen LogP contribution in [0.5, 0.6) is 0 Å². The number of para-hydroxylation sites is 1. The Morgan fingerprint density at radius 1 is 1.09 bits per heavy atom. The van der Waals surface area contributed by atoms with Crippen LogP contribution in [0.15, 0.2) is 52.9 Å². The van der Waals surface area contributed by atoms with E-state index in [1.165, 1.54) is 29.0 Å². The fraction of sp³-hybridized carbons (Fsp3) is 0.125. The summed E-state index contributed by atoms with van der Waals surface area (Å²) in [5.74, 6) is 0.536. The first-order valence-corrected chi connectivity index (χ1v) is 8.54. The van der Waals surface area contributed by atoms with Gasteiger partial charge in [0.1, 0.15) is 5.82 Å². The topological polar surface area (TPSA) is 37.8 Å². The number of nitrogens with one attached hydrogen (secondary N) is 1. The van der Waals surface area contributed by atoms with E-state index in [9.17, 15) is 4.39 Å². The van der Waals surface area contributed by atoms with Gasteiger partial charge in [-0.25, -0.2) is 4.39 Å². The zero-order valence-corrected chi connectivity index (χ0v) is 13.5. The Kier molecular flexibility index (Phi) is 4.70. The number of aryl methyl sites for hydroxylation is 1. The van der Waals surface area contributed by atoms with E-state index in [2.05, 4.69) is 15.5 Å². The van der Waals surface area contributed by atoms with Gasteiger partial charge >= 0.3 is 0 Å². The van der Waals surface area contributed by atoms with Gasteiger partial charge in [0.05, 0.1) is 0 Å². The van der Waals surface area contributed by atoms with Crippen molar-refractivity contribution in [2.45, 2.75) is 17.0 Å². The molecule has 22 heavy (non-hydrogen) atoms. The van der Waals surface area contributed by atoms with Crippen LogP contribution in [0.1, 0.15) is 11.1 Å². The van der Waals surface area contributed by atoms with Gasteiger partial charge in [0.25, 0.3) is 0 Å². The number of aromatic nitrogens is 2. The molecule has 0 amide bonds. The molecule has 0 radical (unpaired) electrons. The minimum atomic E-state index is -0.214. The van der Waals surface area contributed by atoms with Crippen LogP contribution in [0, 0.1) is 12.7 Å². The summed E-state index contributed by atoms with van der Waals surface area (Å²) in [6, 6.07) is 14.6. The average Bonchev–Trinajstić information content (AvgIpc) is 2.97. The van der Waals surface area contributed by atoms with Crippen LogP contribution in [0.4, 0.5) is 15.2 Å². The van der Waals surface area contributed by atoms with Gasteiger partial charge in [-0.05, 0) is 36.2 Å². The summed E-state index contributed by atoms with van der Waals surface area (Å²) in [4.78, 5) is 0. The zero-order valence-electron chi connectivity index (χ0n) is 11.9. The van der Waals surface area contributed by atoms with E-state index in [1.54, 1.807) is 23.9 Å². The number of rotatable bonds is 5. The first kappa shape index (κ1) is 15.0. The number of benzene rings is 2. The highest BCUT2D eigenvalue weighted by Crippen LogP contribution is 2.30. The van der Waals surface area contributed by atoms with Crippen LogP contribution in [-0.4, -0.2) is 10.2 Å². The van der Waals surface area contributed by atoms with Crippen molar-refractivity contribution in [1.29, 1.82) is 0 Å². The third-order valence-electron chi connectivity index (χ3n) is 3.07. The molecular formula is C16H14FN3S2. The molecule has 0 aliphatic carbocycles. The van der Waals surface area contributed by atoms with E-state index in [-0.39, 0.29) is 5.82 Å². The fourth-order valence-corrected chi connectivity index (χ4v) is 3.59. The summed E-state index contributed by atoms with van der Waals surface area (Å²) < 4.78 is 13.7. The third-order valence-corrected chi connectivity index (χ3v) is 5.11. The lowest BCUT2D eigenvalue weighted by Crippen LogP contribution is -1.91. The van der Waals surface area contributed by atoms with Crippen LogP contribution in [0.3, 0.4) is 0 Å². The van der Waals surface area contributed by atoms with Crippen LogP contribution >= 0.6 is 23.1 Å². The lowest BCUT2D eigenvalue weighted by molar-refractivity contribution is 0.627. The molecule has 0 saturated heterocycles. The molecule has 3 aromatic rings. The van der Waals surface area contributed by atoms with Crippen molar-refractivity contribution >= 4 is 33.9 Å². The normalized spacial score (nSPS) is 10.6. The molecular weight excluding hydrogens is 317 g/mol. The van der Waals surface area contributed by atoms with Crippen molar-refractivity contribution in [3.63, 3.8) is 0 Å². The quantitative estimate of drug-likeness (QED) is 0.666. The number of hydrogen-bond donors (Lipinski definition) is 1. The minimum absolute atomic E-state index is 0.214. The lowest BCUT2D eigenvalue weighted by atomic mass is 10.2. The molecule has 112 valence electrons. The summed E-state index contributed by atoms with van der Waals surface area (Å²) in [7, 11) is 0. The monoisotopic (exact) mass is 331 g/mol. The molecule has 0 unspecified atom stereocenters. The highest BCUT2D eigenvalue weighted by atomic mass is 32.2. The van der Waals surface area contributed by atoms with E-state index in [1.807, 2.05) is 31.2 Å². The maximum absolute atomic E-state index is 12.9. The van der Waals surface area contributed by atoms with Gasteiger partial charge in [-0.15, -0.1) is 10.2 Å². The predicted octanol–water partition coefficient (Wildman–Crippen LogP) is 5.02. The third kappa shape index (κ3) is 3.84. The Morgan fingerprint density at radius 2 is 1.86 bits per heavy atom. The van der Waals surface area contributed by atoms with Gasteiger partial charge in [0, 0.05) is 11.4 Å². The van der Waals surface area contributed by atoms with Crippen molar-refractivity contribution in [3.05, 3.63) is 65.5 Å². The molecule has 1 heterocycles. The molecule has 2 aromatic carbocycles. The number of halogens is 1. The molecule has 0 aliphatic rings. The van der Waals surface area contributed by atoms with Crippen LogP contribution in [0.25, 0.3) is 0 Å².